The van der Waals surface area contributed by atoms with Crippen molar-refractivity contribution in [1.29, 1.82) is 0 Å². The van der Waals surface area contributed by atoms with Crippen LogP contribution in [0.3, 0.4) is 0 Å². The maximum Gasteiger partial charge on any atom is 0.191 e. The zero-order valence-electron chi connectivity index (χ0n) is 15.9. The zero-order chi connectivity index (χ0) is 18.8. The second-order valence-electron chi connectivity index (χ2n) is 5.54. The number of aliphatic imine (C=N–C) groups is 1. The van der Waals surface area contributed by atoms with Gasteiger partial charge in [-0.2, -0.15) is 5.10 Å². The van der Waals surface area contributed by atoms with Crippen molar-refractivity contribution in [3.63, 3.8) is 0 Å². The largest absolute Gasteiger partial charge is 0.493 e. The molecule has 0 unspecified atom stereocenters. The molecule has 1 aromatic carbocycles. The van der Waals surface area contributed by atoms with Gasteiger partial charge in [-0.3, -0.25) is 4.68 Å². The lowest BCUT2D eigenvalue weighted by atomic mass is 10.2. The van der Waals surface area contributed by atoms with Gasteiger partial charge in [-0.05, 0) is 37.1 Å². The van der Waals surface area contributed by atoms with Gasteiger partial charge in [0, 0.05) is 36.5 Å². The summed E-state index contributed by atoms with van der Waals surface area (Å²) in [6.07, 6.45) is 4.72. The summed E-state index contributed by atoms with van der Waals surface area (Å²) in [6.45, 7) is 5.07. The first-order chi connectivity index (χ1) is 12.7. The van der Waals surface area contributed by atoms with Crippen molar-refractivity contribution in [3.8, 4) is 11.5 Å². The number of aryl methyl sites for hydroxylation is 1. The van der Waals surface area contributed by atoms with E-state index in [1.54, 1.807) is 20.4 Å². The van der Waals surface area contributed by atoms with Crippen LogP contribution < -0.4 is 20.1 Å². The summed E-state index contributed by atoms with van der Waals surface area (Å²) >= 11 is 3.57. The predicted molar refractivity (Wildman–Crippen MR) is 122 cm³/mol. The monoisotopic (exact) mass is 551 g/mol. The number of hydrogen-bond acceptors (Lipinski definition) is 4. The van der Waals surface area contributed by atoms with Gasteiger partial charge in [0.05, 0.1) is 20.8 Å². The van der Waals surface area contributed by atoms with Crippen LogP contribution in [-0.2, 0) is 13.1 Å². The highest BCUT2D eigenvalue weighted by Crippen LogP contribution is 2.33. The van der Waals surface area contributed by atoms with Crippen LogP contribution in [0.2, 0.25) is 0 Å². The Hall–Kier alpha value is -1.49. The third kappa shape index (κ3) is 7.57. The summed E-state index contributed by atoms with van der Waals surface area (Å²) in [4.78, 5) is 4.66. The first kappa shape index (κ1) is 23.5. The molecule has 0 amide bonds. The normalized spacial score (nSPS) is 10.9. The number of aromatic nitrogens is 2. The van der Waals surface area contributed by atoms with E-state index in [0.29, 0.717) is 18.0 Å². The second-order valence-corrected chi connectivity index (χ2v) is 6.40. The first-order valence-electron chi connectivity index (χ1n) is 8.58. The molecule has 0 fully saturated rings. The Balaban J connectivity index is 0.00000364. The van der Waals surface area contributed by atoms with E-state index in [9.17, 15) is 0 Å². The van der Waals surface area contributed by atoms with E-state index in [4.69, 9.17) is 9.47 Å². The van der Waals surface area contributed by atoms with Crippen molar-refractivity contribution in [2.75, 3.05) is 27.3 Å². The fraction of sp³-hybridized carbons (Fsp3) is 0.444. The quantitative estimate of drug-likeness (QED) is 0.216. The van der Waals surface area contributed by atoms with Crippen molar-refractivity contribution < 1.29 is 9.47 Å². The van der Waals surface area contributed by atoms with Crippen molar-refractivity contribution >= 4 is 45.9 Å². The summed E-state index contributed by atoms with van der Waals surface area (Å²) in [5.41, 5.74) is 1.02. The molecule has 2 aromatic rings. The fourth-order valence-electron chi connectivity index (χ4n) is 2.40. The lowest BCUT2D eigenvalue weighted by Gasteiger charge is -2.13. The lowest BCUT2D eigenvalue weighted by molar-refractivity contribution is 0.354. The van der Waals surface area contributed by atoms with Crippen molar-refractivity contribution in [1.82, 2.24) is 20.4 Å². The molecule has 0 atom stereocenters. The number of halogens is 2. The molecule has 1 heterocycles. The van der Waals surface area contributed by atoms with Crippen LogP contribution in [0.4, 0.5) is 0 Å². The SMILES string of the molecule is CCNC(=NCc1cc(OC)c(OC)cc1Br)NCCCn1cccn1.I. The van der Waals surface area contributed by atoms with Crippen molar-refractivity contribution in [2.24, 2.45) is 4.99 Å². The molecule has 0 radical (unpaired) electrons. The molecule has 0 spiro atoms. The molecular weight excluding hydrogens is 525 g/mol. The van der Waals surface area contributed by atoms with Gasteiger partial charge in [0.25, 0.3) is 0 Å². The molecule has 150 valence electrons. The first-order valence-corrected chi connectivity index (χ1v) is 9.37. The van der Waals surface area contributed by atoms with E-state index >= 15 is 0 Å². The average molecular weight is 552 g/mol. The van der Waals surface area contributed by atoms with Crippen LogP contribution in [0.15, 0.2) is 40.1 Å². The fourth-order valence-corrected chi connectivity index (χ4v) is 2.85. The van der Waals surface area contributed by atoms with Crippen LogP contribution in [-0.4, -0.2) is 43.0 Å². The van der Waals surface area contributed by atoms with Crippen molar-refractivity contribution in [3.05, 3.63) is 40.6 Å². The van der Waals surface area contributed by atoms with E-state index in [1.807, 2.05) is 36.0 Å². The Labute approximate surface area is 186 Å². The minimum absolute atomic E-state index is 0. The van der Waals surface area contributed by atoms with Gasteiger partial charge < -0.3 is 20.1 Å². The van der Waals surface area contributed by atoms with Crippen LogP contribution in [0.25, 0.3) is 0 Å². The average Bonchev–Trinajstić information content (AvgIpc) is 3.17. The smallest absolute Gasteiger partial charge is 0.191 e. The molecule has 0 aliphatic carbocycles. The van der Waals surface area contributed by atoms with Gasteiger partial charge in [0.2, 0.25) is 0 Å². The number of ether oxygens (including phenoxy) is 2. The van der Waals surface area contributed by atoms with E-state index in [0.717, 1.165) is 42.1 Å². The van der Waals surface area contributed by atoms with Crippen LogP contribution in [0.5, 0.6) is 11.5 Å². The highest BCUT2D eigenvalue weighted by atomic mass is 127. The van der Waals surface area contributed by atoms with Gasteiger partial charge in [-0.15, -0.1) is 24.0 Å². The Kier molecular flexibility index (Phi) is 11.2. The maximum atomic E-state index is 5.37. The van der Waals surface area contributed by atoms with Gasteiger partial charge in [0.1, 0.15) is 0 Å². The third-order valence-corrected chi connectivity index (χ3v) is 4.46. The number of rotatable bonds is 9. The van der Waals surface area contributed by atoms with Crippen LogP contribution in [0.1, 0.15) is 18.9 Å². The molecule has 7 nitrogen and oxygen atoms in total. The van der Waals surface area contributed by atoms with Gasteiger partial charge in [-0.1, -0.05) is 15.9 Å². The molecule has 0 bridgehead atoms. The molecule has 1 aromatic heterocycles. The molecule has 27 heavy (non-hydrogen) atoms. The van der Waals surface area contributed by atoms with E-state index in [-0.39, 0.29) is 24.0 Å². The number of hydrogen-bond donors (Lipinski definition) is 2. The molecule has 0 saturated heterocycles. The summed E-state index contributed by atoms with van der Waals surface area (Å²) in [5.74, 6) is 2.17. The molecule has 0 aliphatic heterocycles. The molecule has 2 N–H and O–H groups in total. The predicted octanol–water partition coefficient (Wildman–Crippen LogP) is 3.43. The van der Waals surface area contributed by atoms with Crippen molar-refractivity contribution in [2.45, 2.75) is 26.4 Å². The standard InChI is InChI=1S/C18H26BrN5O2.HI/c1-4-20-18(21-7-5-9-24-10-6-8-23-24)22-13-14-11-16(25-2)17(26-3)12-15(14)19;/h6,8,10-12H,4-5,7,9,13H2,1-3H3,(H2,20,21,22);1H. The second kappa shape index (κ2) is 12.8. The van der Waals surface area contributed by atoms with E-state index in [1.165, 1.54) is 0 Å². The highest BCUT2D eigenvalue weighted by Gasteiger charge is 2.09. The van der Waals surface area contributed by atoms with Crippen LogP contribution in [0, 0.1) is 0 Å². The topological polar surface area (TPSA) is 72.7 Å². The number of nitrogens with one attached hydrogen (secondary N) is 2. The maximum absolute atomic E-state index is 5.37. The Morgan fingerprint density at radius 3 is 2.59 bits per heavy atom. The van der Waals surface area contributed by atoms with E-state index < -0.39 is 0 Å². The number of guanidine groups is 1. The molecular formula is C18H27BrIN5O2. The minimum atomic E-state index is 0. The molecule has 0 aliphatic rings. The number of methoxy groups -OCH3 is 2. The number of nitrogens with zero attached hydrogens (tertiary/aromatic N) is 3. The van der Waals surface area contributed by atoms with Gasteiger partial charge >= 0.3 is 0 Å². The zero-order valence-corrected chi connectivity index (χ0v) is 19.8. The summed E-state index contributed by atoms with van der Waals surface area (Å²) in [6, 6.07) is 5.77. The number of benzene rings is 1. The third-order valence-electron chi connectivity index (χ3n) is 3.72. The van der Waals surface area contributed by atoms with Gasteiger partial charge in [0.15, 0.2) is 17.5 Å². The van der Waals surface area contributed by atoms with E-state index in [2.05, 4.69) is 36.7 Å². The summed E-state index contributed by atoms with van der Waals surface area (Å²) < 4.78 is 13.5. The molecule has 9 heteroatoms. The Morgan fingerprint density at radius 1 is 1.22 bits per heavy atom. The minimum Gasteiger partial charge on any atom is -0.493 e. The van der Waals surface area contributed by atoms with Gasteiger partial charge in [-0.25, -0.2) is 4.99 Å². The summed E-state index contributed by atoms with van der Waals surface area (Å²) in [7, 11) is 3.25. The molecule has 2 rings (SSSR count). The highest BCUT2D eigenvalue weighted by molar-refractivity contribution is 14.0. The Morgan fingerprint density at radius 2 is 1.96 bits per heavy atom. The summed E-state index contributed by atoms with van der Waals surface area (Å²) in [5, 5.41) is 10.8. The lowest BCUT2D eigenvalue weighted by Crippen LogP contribution is -2.38. The Bertz CT molecular complexity index is 710. The molecule has 0 saturated carbocycles. The van der Waals surface area contributed by atoms with Crippen LogP contribution >= 0.6 is 39.9 Å².